The average Bonchev–Trinajstić information content (AvgIpc) is 2.95. The molecule has 1 aromatic carbocycles. The van der Waals surface area contributed by atoms with Crippen molar-refractivity contribution in [1.29, 1.82) is 0 Å². The zero-order valence-corrected chi connectivity index (χ0v) is 12.8. The fourth-order valence-corrected chi connectivity index (χ4v) is 3.34. The molecule has 3 rings (SSSR count). The van der Waals surface area contributed by atoms with Gasteiger partial charge in [-0.25, -0.2) is 0 Å². The highest BCUT2D eigenvalue weighted by Crippen LogP contribution is 2.43. The van der Waals surface area contributed by atoms with Crippen molar-refractivity contribution in [3.63, 3.8) is 0 Å². The number of nitrogens with two attached hydrogens (primary N) is 1. The second-order valence-electron chi connectivity index (χ2n) is 6.80. The number of hydrogen-bond acceptors (Lipinski definition) is 4. The standard InChI is InChI=1S/C17H23N3O/c1-17(2)9-3-4-14(10-17)12-5-7-13(8-6-12)16-19-15(11-18)21-20-16/h5-8,14H,3-4,9-11,18H2,1-2H3. The topological polar surface area (TPSA) is 64.9 Å². The van der Waals surface area contributed by atoms with Gasteiger partial charge >= 0.3 is 0 Å². The van der Waals surface area contributed by atoms with Gasteiger partial charge in [0.15, 0.2) is 0 Å². The van der Waals surface area contributed by atoms with Crippen molar-refractivity contribution in [1.82, 2.24) is 10.1 Å². The molecule has 0 saturated heterocycles. The lowest BCUT2D eigenvalue weighted by atomic mass is 9.70. The van der Waals surface area contributed by atoms with Crippen molar-refractivity contribution in [2.75, 3.05) is 0 Å². The van der Waals surface area contributed by atoms with Crippen molar-refractivity contribution < 1.29 is 4.52 Å². The molecule has 1 aliphatic rings. The molecule has 21 heavy (non-hydrogen) atoms. The van der Waals surface area contributed by atoms with Gasteiger partial charge in [0, 0.05) is 5.56 Å². The summed E-state index contributed by atoms with van der Waals surface area (Å²) in [6.45, 7) is 5.03. The van der Waals surface area contributed by atoms with Crippen LogP contribution in [0.1, 0.15) is 56.9 Å². The maximum Gasteiger partial charge on any atom is 0.240 e. The number of aromatic nitrogens is 2. The van der Waals surface area contributed by atoms with E-state index in [2.05, 4.69) is 48.3 Å². The Bertz CT molecular complexity index is 601. The fraction of sp³-hybridized carbons (Fsp3) is 0.529. The molecular formula is C17H23N3O. The third kappa shape index (κ3) is 3.16. The molecule has 1 saturated carbocycles. The lowest BCUT2D eigenvalue weighted by Gasteiger charge is -2.35. The second kappa shape index (κ2) is 5.60. The minimum Gasteiger partial charge on any atom is -0.338 e. The summed E-state index contributed by atoms with van der Waals surface area (Å²) in [6, 6.07) is 8.59. The third-order valence-corrected chi connectivity index (χ3v) is 4.49. The molecule has 1 aliphatic carbocycles. The van der Waals surface area contributed by atoms with Crippen molar-refractivity contribution >= 4 is 0 Å². The molecule has 1 atom stereocenters. The van der Waals surface area contributed by atoms with E-state index in [0.717, 1.165) is 5.56 Å². The van der Waals surface area contributed by atoms with Crippen molar-refractivity contribution in [2.24, 2.45) is 11.1 Å². The quantitative estimate of drug-likeness (QED) is 0.929. The summed E-state index contributed by atoms with van der Waals surface area (Å²) < 4.78 is 5.06. The summed E-state index contributed by atoms with van der Waals surface area (Å²) in [5.41, 5.74) is 8.36. The summed E-state index contributed by atoms with van der Waals surface area (Å²) in [7, 11) is 0. The van der Waals surface area contributed by atoms with E-state index in [9.17, 15) is 0 Å². The van der Waals surface area contributed by atoms with Gasteiger partial charge in [-0.2, -0.15) is 4.98 Å². The van der Waals surface area contributed by atoms with Crippen LogP contribution < -0.4 is 5.73 Å². The molecule has 2 aromatic rings. The van der Waals surface area contributed by atoms with E-state index < -0.39 is 0 Å². The summed E-state index contributed by atoms with van der Waals surface area (Å²) >= 11 is 0. The van der Waals surface area contributed by atoms with E-state index in [4.69, 9.17) is 10.3 Å². The highest BCUT2D eigenvalue weighted by molar-refractivity contribution is 5.54. The Labute approximate surface area is 125 Å². The minimum absolute atomic E-state index is 0.280. The Morgan fingerprint density at radius 1 is 1.29 bits per heavy atom. The van der Waals surface area contributed by atoms with Gasteiger partial charge < -0.3 is 10.3 Å². The Morgan fingerprint density at radius 3 is 2.67 bits per heavy atom. The molecule has 2 N–H and O–H groups in total. The normalized spacial score (nSPS) is 21.4. The predicted molar refractivity (Wildman–Crippen MR) is 82.6 cm³/mol. The zero-order valence-electron chi connectivity index (χ0n) is 12.8. The van der Waals surface area contributed by atoms with Crippen molar-refractivity contribution in [3.05, 3.63) is 35.7 Å². The van der Waals surface area contributed by atoms with Crippen molar-refractivity contribution in [2.45, 2.75) is 52.0 Å². The van der Waals surface area contributed by atoms with E-state index in [0.29, 0.717) is 23.0 Å². The molecule has 1 unspecified atom stereocenters. The van der Waals surface area contributed by atoms with Crippen LogP contribution in [0.25, 0.3) is 11.4 Å². The van der Waals surface area contributed by atoms with E-state index in [1.54, 1.807) is 0 Å². The molecule has 0 bridgehead atoms. The number of hydrogen-bond donors (Lipinski definition) is 1. The van der Waals surface area contributed by atoms with Crippen LogP contribution >= 0.6 is 0 Å². The van der Waals surface area contributed by atoms with Gasteiger partial charge in [-0.15, -0.1) is 0 Å². The first-order valence-corrected chi connectivity index (χ1v) is 7.70. The van der Waals surface area contributed by atoms with Crippen LogP contribution in [0.2, 0.25) is 0 Å². The number of benzene rings is 1. The molecule has 0 radical (unpaired) electrons. The molecule has 4 heteroatoms. The van der Waals surface area contributed by atoms with Crippen LogP contribution in [-0.4, -0.2) is 10.1 Å². The molecule has 112 valence electrons. The largest absolute Gasteiger partial charge is 0.338 e. The summed E-state index contributed by atoms with van der Waals surface area (Å²) in [5.74, 6) is 1.77. The predicted octanol–water partition coefficient (Wildman–Crippen LogP) is 3.88. The van der Waals surface area contributed by atoms with Gasteiger partial charge in [0.05, 0.1) is 6.54 Å². The van der Waals surface area contributed by atoms with Gasteiger partial charge in [-0.1, -0.05) is 49.7 Å². The van der Waals surface area contributed by atoms with E-state index in [-0.39, 0.29) is 6.54 Å². The maximum absolute atomic E-state index is 5.49. The van der Waals surface area contributed by atoms with Crippen LogP contribution in [0, 0.1) is 5.41 Å². The van der Waals surface area contributed by atoms with E-state index in [1.165, 1.54) is 31.2 Å². The van der Waals surface area contributed by atoms with Crippen LogP contribution in [0.5, 0.6) is 0 Å². The molecule has 1 heterocycles. The van der Waals surface area contributed by atoms with Crippen LogP contribution in [-0.2, 0) is 6.54 Å². The zero-order chi connectivity index (χ0) is 14.9. The first kappa shape index (κ1) is 14.3. The van der Waals surface area contributed by atoms with Gasteiger partial charge in [0.2, 0.25) is 11.7 Å². The Balaban J connectivity index is 1.77. The average molecular weight is 285 g/mol. The molecule has 0 spiro atoms. The maximum atomic E-state index is 5.49. The summed E-state index contributed by atoms with van der Waals surface area (Å²) in [6.07, 6.45) is 5.23. The first-order chi connectivity index (χ1) is 10.1. The fourth-order valence-electron chi connectivity index (χ4n) is 3.34. The SMILES string of the molecule is CC1(C)CCCC(c2ccc(-c3noc(CN)n3)cc2)C1. The second-order valence-corrected chi connectivity index (χ2v) is 6.80. The molecule has 1 fully saturated rings. The third-order valence-electron chi connectivity index (χ3n) is 4.49. The van der Waals surface area contributed by atoms with Crippen molar-refractivity contribution in [3.8, 4) is 11.4 Å². The highest BCUT2D eigenvalue weighted by atomic mass is 16.5. The number of rotatable bonds is 3. The van der Waals surface area contributed by atoms with Gasteiger partial charge in [-0.05, 0) is 36.2 Å². The lowest BCUT2D eigenvalue weighted by Crippen LogP contribution is -2.21. The molecule has 1 aromatic heterocycles. The lowest BCUT2D eigenvalue weighted by molar-refractivity contribution is 0.219. The smallest absolute Gasteiger partial charge is 0.240 e. The van der Waals surface area contributed by atoms with E-state index in [1.807, 2.05) is 0 Å². The summed E-state index contributed by atoms with van der Waals surface area (Å²) in [5, 5.41) is 3.96. The molecule has 0 aliphatic heterocycles. The van der Waals surface area contributed by atoms with Crippen LogP contribution in [0.15, 0.2) is 28.8 Å². The van der Waals surface area contributed by atoms with E-state index >= 15 is 0 Å². The Hall–Kier alpha value is -1.68. The molecule has 0 amide bonds. The minimum atomic E-state index is 0.280. The monoisotopic (exact) mass is 285 g/mol. The summed E-state index contributed by atoms with van der Waals surface area (Å²) in [4.78, 5) is 4.26. The van der Waals surface area contributed by atoms with Crippen LogP contribution in [0.4, 0.5) is 0 Å². The number of nitrogens with zero attached hydrogens (tertiary/aromatic N) is 2. The van der Waals surface area contributed by atoms with Crippen LogP contribution in [0.3, 0.4) is 0 Å². The molecule has 4 nitrogen and oxygen atoms in total. The first-order valence-electron chi connectivity index (χ1n) is 7.70. The molecular weight excluding hydrogens is 262 g/mol. The van der Waals surface area contributed by atoms with Gasteiger partial charge in [-0.3, -0.25) is 0 Å². The highest BCUT2D eigenvalue weighted by Gasteiger charge is 2.28. The Morgan fingerprint density at radius 2 is 2.05 bits per heavy atom. The Kier molecular flexibility index (Phi) is 3.81. The van der Waals surface area contributed by atoms with Gasteiger partial charge in [0.25, 0.3) is 0 Å². The van der Waals surface area contributed by atoms with Gasteiger partial charge in [0.1, 0.15) is 0 Å².